The number of nitrogens with zero attached hydrogens (tertiary/aromatic N) is 2. The third-order valence-electron chi connectivity index (χ3n) is 5.09. The van der Waals surface area contributed by atoms with Crippen LogP contribution in [0.2, 0.25) is 0 Å². The predicted molar refractivity (Wildman–Crippen MR) is 86.5 cm³/mol. The van der Waals surface area contributed by atoms with Gasteiger partial charge in [-0.1, -0.05) is 6.07 Å². The molecule has 1 aromatic carbocycles. The molecule has 1 radical (unpaired) electrons. The highest BCUT2D eigenvalue weighted by Gasteiger charge is 2.33. The van der Waals surface area contributed by atoms with Crippen LogP contribution < -0.4 is 4.90 Å². The summed E-state index contributed by atoms with van der Waals surface area (Å²) < 4.78 is 39.1. The number of likely N-dealkylation sites (tertiary alicyclic amines) is 1. The highest BCUT2D eigenvalue weighted by Crippen LogP contribution is 2.35. The second kappa shape index (κ2) is 6.71. The average Bonchev–Trinajstić information content (AvgIpc) is 3.00. The molecule has 0 bridgehead atoms. The lowest BCUT2D eigenvalue weighted by Crippen LogP contribution is -2.38. The van der Waals surface area contributed by atoms with Crippen LogP contribution >= 0.6 is 0 Å². The fourth-order valence-electron chi connectivity index (χ4n) is 3.73. The molecule has 2 saturated heterocycles. The molecule has 0 spiro atoms. The summed E-state index contributed by atoms with van der Waals surface area (Å²) in [5.74, 6) is 0.679. The number of halogens is 3. The molecule has 2 aliphatic rings. The summed E-state index contributed by atoms with van der Waals surface area (Å²) in [7, 11) is 0. The molecule has 0 amide bonds. The lowest BCUT2D eigenvalue weighted by Gasteiger charge is -2.35. The molecule has 1 aromatic rings. The van der Waals surface area contributed by atoms with E-state index >= 15 is 0 Å². The van der Waals surface area contributed by atoms with E-state index in [-0.39, 0.29) is 5.56 Å². The molecule has 0 N–H and O–H groups in total. The molecular formula is C18H24F3N2. The summed E-state index contributed by atoms with van der Waals surface area (Å²) >= 11 is 0. The Bertz CT molecular complexity index is 528. The van der Waals surface area contributed by atoms with Crippen molar-refractivity contribution in [2.75, 3.05) is 37.6 Å². The van der Waals surface area contributed by atoms with Crippen LogP contribution in [0.15, 0.2) is 18.2 Å². The number of hydrogen-bond donors (Lipinski definition) is 0. The fourth-order valence-corrected chi connectivity index (χ4v) is 3.73. The largest absolute Gasteiger partial charge is 0.416 e. The van der Waals surface area contributed by atoms with E-state index in [0.29, 0.717) is 11.6 Å². The average molecular weight is 325 g/mol. The van der Waals surface area contributed by atoms with Crippen LogP contribution in [0, 0.1) is 12.8 Å². The van der Waals surface area contributed by atoms with Gasteiger partial charge in [0.1, 0.15) is 0 Å². The molecule has 0 aliphatic carbocycles. The minimum absolute atomic E-state index is 0.0465. The Morgan fingerprint density at radius 2 is 1.70 bits per heavy atom. The van der Waals surface area contributed by atoms with Gasteiger partial charge >= 0.3 is 6.18 Å². The van der Waals surface area contributed by atoms with Gasteiger partial charge < -0.3 is 9.80 Å². The number of alkyl halides is 3. The zero-order valence-electron chi connectivity index (χ0n) is 13.4. The smallest absolute Gasteiger partial charge is 0.372 e. The highest BCUT2D eigenvalue weighted by atomic mass is 19.4. The Morgan fingerprint density at radius 3 is 2.30 bits per heavy atom. The molecular weight excluding hydrogens is 301 g/mol. The SMILES string of the molecule is [CH2]c1ccc(N2CCC(CN3CCCC3)CC2)cc1C(F)(F)F. The predicted octanol–water partition coefficient (Wildman–Crippen LogP) is 4.20. The maximum atomic E-state index is 13.0. The third-order valence-corrected chi connectivity index (χ3v) is 5.09. The number of rotatable bonds is 3. The van der Waals surface area contributed by atoms with E-state index in [0.717, 1.165) is 32.5 Å². The maximum absolute atomic E-state index is 13.0. The summed E-state index contributed by atoms with van der Waals surface area (Å²) in [5, 5.41) is 0. The lowest BCUT2D eigenvalue weighted by molar-refractivity contribution is -0.137. The Kier molecular flexibility index (Phi) is 4.85. The Balaban J connectivity index is 1.61. The number of anilines is 1. The Morgan fingerprint density at radius 1 is 1.04 bits per heavy atom. The van der Waals surface area contributed by atoms with Crippen molar-refractivity contribution in [2.24, 2.45) is 5.92 Å². The molecule has 0 aromatic heterocycles. The molecule has 2 heterocycles. The van der Waals surface area contributed by atoms with Crippen LogP contribution in [0.5, 0.6) is 0 Å². The summed E-state index contributed by atoms with van der Waals surface area (Å²) in [6.45, 7) is 8.75. The van der Waals surface area contributed by atoms with Crippen molar-refractivity contribution in [3.63, 3.8) is 0 Å². The van der Waals surface area contributed by atoms with Crippen LogP contribution in [0.3, 0.4) is 0 Å². The van der Waals surface area contributed by atoms with Gasteiger partial charge in [-0.05, 0) is 69.3 Å². The second-order valence-electron chi connectivity index (χ2n) is 6.78. The van der Waals surface area contributed by atoms with E-state index in [1.165, 1.54) is 38.1 Å². The summed E-state index contributed by atoms with van der Waals surface area (Å²) in [6.07, 6.45) is 0.391. The normalized spacial score (nSPS) is 21.1. The van der Waals surface area contributed by atoms with Gasteiger partial charge in [-0.15, -0.1) is 0 Å². The van der Waals surface area contributed by atoms with Crippen molar-refractivity contribution in [3.8, 4) is 0 Å². The minimum atomic E-state index is -4.33. The van der Waals surface area contributed by atoms with Gasteiger partial charge in [0.25, 0.3) is 0 Å². The molecule has 0 unspecified atom stereocenters. The maximum Gasteiger partial charge on any atom is 0.416 e. The van der Waals surface area contributed by atoms with Crippen LogP contribution in [0.1, 0.15) is 36.8 Å². The molecule has 5 heteroatoms. The van der Waals surface area contributed by atoms with Crippen LogP contribution in [-0.2, 0) is 6.18 Å². The van der Waals surface area contributed by atoms with E-state index in [1.54, 1.807) is 6.07 Å². The van der Waals surface area contributed by atoms with Crippen molar-refractivity contribution in [3.05, 3.63) is 36.2 Å². The van der Waals surface area contributed by atoms with Gasteiger partial charge in [0.15, 0.2) is 0 Å². The first-order valence-corrected chi connectivity index (χ1v) is 8.44. The monoisotopic (exact) mass is 325 g/mol. The number of hydrogen-bond acceptors (Lipinski definition) is 2. The fraction of sp³-hybridized carbons (Fsp3) is 0.611. The number of benzene rings is 1. The van der Waals surface area contributed by atoms with E-state index in [1.807, 2.05) is 0 Å². The van der Waals surface area contributed by atoms with E-state index in [9.17, 15) is 13.2 Å². The van der Waals surface area contributed by atoms with E-state index in [2.05, 4.69) is 16.7 Å². The zero-order chi connectivity index (χ0) is 16.4. The van der Waals surface area contributed by atoms with Crippen LogP contribution in [0.25, 0.3) is 0 Å². The first-order valence-electron chi connectivity index (χ1n) is 8.44. The molecule has 2 fully saturated rings. The van der Waals surface area contributed by atoms with Gasteiger partial charge in [-0.2, -0.15) is 13.2 Å². The molecule has 0 saturated carbocycles. The highest BCUT2D eigenvalue weighted by molar-refractivity contribution is 5.52. The van der Waals surface area contributed by atoms with Crippen LogP contribution in [0.4, 0.5) is 18.9 Å². The molecule has 0 atom stereocenters. The van der Waals surface area contributed by atoms with Crippen molar-refractivity contribution in [1.82, 2.24) is 4.90 Å². The Labute approximate surface area is 136 Å². The standard InChI is InChI=1S/C18H24F3N2/c1-14-4-5-16(12-17(14)18(19,20)21)23-10-6-15(7-11-23)13-22-8-2-3-9-22/h4-5,12,15H,1-3,6-11,13H2. The van der Waals surface area contributed by atoms with Gasteiger partial charge in [-0.3, -0.25) is 0 Å². The molecule has 3 rings (SSSR count). The molecule has 2 aliphatic heterocycles. The van der Waals surface area contributed by atoms with Gasteiger partial charge in [0, 0.05) is 25.3 Å². The van der Waals surface area contributed by atoms with Gasteiger partial charge in [-0.25, -0.2) is 0 Å². The first kappa shape index (κ1) is 16.6. The molecule has 23 heavy (non-hydrogen) atoms. The van der Waals surface area contributed by atoms with Crippen molar-refractivity contribution < 1.29 is 13.2 Å². The quantitative estimate of drug-likeness (QED) is 0.822. The van der Waals surface area contributed by atoms with Crippen molar-refractivity contribution in [1.29, 1.82) is 0 Å². The van der Waals surface area contributed by atoms with Gasteiger partial charge in [0.05, 0.1) is 5.56 Å². The minimum Gasteiger partial charge on any atom is -0.372 e. The van der Waals surface area contributed by atoms with Crippen molar-refractivity contribution in [2.45, 2.75) is 31.9 Å². The summed E-state index contributed by atoms with van der Waals surface area (Å²) in [4.78, 5) is 4.61. The van der Waals surface area contributed by atoms with Gasteiger partial charge in [0.2, 0.25) is 0 Å². The third kappa shape index (κ3) is 4.00. The second-order valence-corrected chi connectivity index (χ2v) is 6.78. The van der Waals surface area contributed by atoms with E-state index < -0.39 is 11.7 Å². The van der Waals surface area contributed by atoms with E-state index in [4.69, 9.17) is 0 Å². The summed E-state index contributed by atoms with van der Waals surface area (Å²) in [6, 6.07) is 4.50. The Hall–Kier alpha value is -1.23. The lowest BCUT2D eigenvalue weighted by atomic mass is 9.95. The molecule has 2 nitrogen and oxygen atoms in total. The topological polar surface area (TPSA) is 6.48 Å². The number of piperidine rings is 1. The summed E-state index contributed by atoms with van der Waals surface area (Å²) in [5.41, 5.74) is 0.101. The van der Waals surface area contributed by atoms with Crippen LogP contribution in [-0.4, -0.2) is 37.6 Å². The van der Waals surface area contributed by atoms with Crippen molar-refractivity contribution >= 4 is 5.69 Å². The first-order chi connectivity index (χ1) is 10.9. The molecule has 127 valence electrons. The zero-order valence-corrected chi connectivity index (χ0v) is 13.4.